The Morgan fingerprint density at radius 2 is 1.71 bits per heavy atom. The van der Waals surface area contributed by atoms with Crippen molar-refractivity contribution in [2.75, 3.05) is 6.54 Å². The lowest BCUT2D eigenvalue weighted by Crippen LogP contribution is -2.44. The molecule has 0 aromatic heterocycles. The van der Waals surface area contributed by atoms with Crippen LogP contribution in [-0.2, 0) is 14.4 Å². The van der Waals surface area contributed by atoms with Gasteiger partial charge in [0.2, 0.25) is 17.7 Å². The van der Waals surface area contributed by atoms with Gasteiger partial charge in [-0.2, -0.15) is 0 Å². The highest BCUT2D eigenvalue weighted by molar-refractivity contribution is 6.08. The standard InChI is InChI=1S/C19H28N2O3/c1-11(2)5-4-6-12(3)20-15(22)10-21-18(23)16-13-7-8-14(9-13)17(16)19(21)24/h7-8,11-14,16-17H,4-6,9-10H2,1-3H3,(H,20,22). The van der Waals surface area contributed by atoms with Gasteiger partial charge >= 0.3 is 0 Å². The summed E-state index contributed by atoms with van der Waals surface area (Å²) in [6, 6.07) is 0.0707. The topological polar surface area (TPSA) is 66.5 Å². The van der Waals surface area contributed by atoms with E-state index in [1.807, 2.05) is 6.92 Å². The highest BCUT2D eigenvalue weighted by Gasteiger charge is 2.59. The van der Waals surface area contributed by atoms with Crippen LogP contribution >= 0.6 is 0 Å². The van der Waals surface area contributed by atoms with E-state index in [9.17, 15) is 14.4 Å². The summed E-state index contributed by atoms with van der Waals surface area (Å²) in [5.74, 6) is 0.0885. The SMILES string of the molecule is CC(C)CCCC(C)NC(=O)CN1C(=O)C2C3C=CC(C3)C2C1=O. The molecule has 0 spiro atoms. The van der Waals surface area contributed by atoms with Crippen molar-refractivity contribution in [3.63, 3.8) is 0 Å². The molecule has 0 aromatic rings. The number of amides is 3. The number of rotatable bonds is 7. The first-order valence-corrected chi connectivity index (χ1v) is 9.21. The molecule has 1 saturated heterocycles. The van der Waals surface area contributed by atoms with Gasteiger partial charge in [-0.05, 0) is 37.5 Å². The lowest BCUT2D eigenvalue weighted by Gasteiger charge is -2.19. The van der Waals surface area contributed by atoms with Gasteiger partial charge in [0.25, 0.3) is 0 Å². The van der Waals surface area contributed by atoms with Crippen molar-refractivity contribution in [1.29, 1.82) is 0 Å². The molecule has 5 atom stereocenters. The van der Waals surface area contributed by atoms with Crippen molar-refractivity contribution in [2.24, 2.45) is 29.6 Å². The molecule has 5 unspecified atom stereocenters. The molecule has 2 bridgehead atoms. The number of imide groups is 1. The first kappa shape index (κ1) is 17.2. The van der Waals surface area contributed by atoms with E-state index in [2.05, 4.69) is 31.3 Å². The van der Waals surface area contributed by atoms with Crippen molar-refractivity contribution in [3.05, 3.63) is 12.2 Å². The Labute approximate surface area is 143 Å². The normalized spacial score (nSPS) is 31.9. The molecular weight excluding hydrogens is 304 g/mol. The number of nitrogens with zero attached hydrogens (tertiary/aromatic N) is 1. The Morgan fingerprint density at radius 3 is 2.25 bits per heavy atom. The Balaban J connectivity index is 1.50. The van der Waals surface area contributed by atoms with E-state index < -0.39 is 0 Å². The molecule has 2 fully saturated rings. The van der Waals surface area contributed by atoms with Crippen LogP contribution in [0.4, 0.5) is 0 Å². The van der Waals surface area contributed by atoms with Crippen LogP contribution in [0.25, 0.3) is 0 Å². The average molecular weight is 332 g/mol. The number of hydrogen-bond acceptors (Lipinski definition) is 3. The largest absolute Gasteiger partial charge is 0.352 e. The minimum absolute atomic E-state index is 0.0707. The Hall–Kier alpha value is -1.65. The summed E-state index contributed by atoms with van der Waals surface area (Å²) in [6.07, 6.45) is 8.18. The van der Waals surface area contributed by atoms with Crippen LogP contribution in [0.15, 0.2) is 12.2 Å². The first-order chi connectivity index (χ1) is 11.4. The number of fused-ring (bicyclic) bond motifs is 5. The summed E-state index contributed by atoms with van der Waals surface area (Å²) in [7, 11) is 0. The van der Waals surface area contributed by atoms with Crippen molar-refractivity contribution < 1.29 is 14.4 Å². The maximum absolute atomic E-state index is 12.5. The molecule has 1 saturated carbocycles. The van der Waals surface area contributed by atoms with E-state index in [1.54, 1.807) is 0 Å². The maximum atomic E-state index is 12.5. The molecule has 1 N–H and O–H groups in total. The molecule has 0 aromatic carbocycles. The molecule has 5 nitrogen and oxygen atoms in total. The third-order valence-electron chi connectivity index (χ3n) is 5.69. The summed E-state index contributed by atoms with van der Waals surface area (Å²) in [4.78, 5) is 38.5. The van der Waals surface area contributed by atoms with Crippen LogP contribution in [0.5, 0.6) is 0 Å². The van der Waals surface area contributed by atoms with Crippen LogP contribution in [0, 0.1) is 29.6 Å². The Morgan fingerprint density at radius 1 is 1.12 bits per heavy atom. The summed E-state index contributed by atoms with van der Waals surface area (Å²) in [5.41, 5.74) is 0. The van der Waals surface area contributed by atoms with E-state index in [4.69, 9.17) is 0 Å². The van der Waals surface area contributed by atoms with Gasteiger partial charge in [0.1, 0.15) is 6.54 Å². The van der Waals surface area contributed by atoms with E-state index in [0.717, 1.165) is 25.7 Å². The molecule has 3 aliphatic rings. The highest BCUT2D eigenvalue weighted by Crippen LogP contribution is 2.52. The Bertz CT molecular complexity index is 539. The first-order valence-electron chi connectivity index (χ1n) is 9.21. The van der Waals surface area contributed by atoms with Gasteiger partial charge < -0.3 is 5.32 Å². The fourth-order valence-electron chi connectivity index (χ4n) is 4.49. The summed E-state index contributed by atoms with van der Waals surface area (Å²) in [5, 5.41) is 2.92. The van der Waals surface area contributed by atoms with Gasteiger partial charge in [0, 0.05) is 6.04 Å². The monoisotopic (exact) mass is 332 g/mol. The third kappa shape index (κ3) is 3.13. The van der Waals surface area contributed by atoms with Crippen LogP contribution < -0.4 is 5.32 Å². The molecule has 3 amide bonds. The summed E-state index contributed by atoms with van der Waals surface area (Å²) in [6.45, 7) is 6.22. The Kier molecular flexibility index (Phi) is 4.79. The van der Waals surface area contributed by atoms with E-state index >= 15 is 0 Å². The summed E-state index contributed by atoms with van der Waals surface area (Å²) >= 11 is 0. The van der Waals surface area contributed by atoms with Gasteiger partial charge in [-0.15, -0.1) is 0 Å². The fraction of sp³-hybridized carbons (Fsp3) is 0.737. The predicted octanol–water partition coefficient (Wildman–Crippen LogP) is 2.12. The number of allylic oxidation sites excluding steroid dienone is 2. The van der Waals surface area contributed by atoms with Crippen molar-refractivity contribution in [1.82, 2.24) is 10.2 Å². The van der Waals surface area contributed by atoms with Crippen molar-refractivity contribution in [3.8, 4) is 0 Å². The van der Waals surface area contributed by atoms with Gasteiger partial charge in [0.15, 0.2) is 0 Å². The van der Waals surface area contributed by atoms with Crippen LogP contribution in [0.2, 0.25) is 0 Å². The van der Waals surface area contributed by atoms with Gasteiger partial charge in [0.05, 0.1) is 11.8 Å². The molecule has 1 heterocycles. The maximum Gasteiger partial charge on any atom is 0.240 e. The quantitative estimate of drug-likeness (QED) is 0.574. The molecule has 1 aliphatic heterocycles. The van der Waals surface area contributed by atoms with Gasteiger partial charge in [-0.25, -0.2) is 0 Å². The number of nitrogens with one attached hydrogen (secondary N) is 1. The molecule has 5 heteroatoms. The van der Waals surface area contributed by atoms with E-state index in [0.29, 0.717) is 5.92 Å². The van der Waals surface area contributed by atoms with E-state index in [-0.39, 0.29) is 54.0 Å². The zero-order chi connectivity index (χ0) is 17.4. The second-order valence-electron chi connectivity index (χ2n) is 8.06. The number of carbonyl (C=O) groups excluding carboxylic acids is 3. The van der Waals surface area contributed by atoms with Gasteiger partial charge in [-0.3, -0.25) is 19.3 Å². The second kappa shape index (κ2) is 6.69. The van der Waals surface area contributed by atoms with Crippen molar-refractivity contribution in [2.45, 2.75) is 52.5 Å². The smallest absolute Gasteiger partial charge is 0.240 e. The fourth-order valence-corrected chi connectivity index (χ4v) is 4.49. The third-order valence-corrected chi connectivity index (χ3v) is 5.69. The number of likely N-dealkylation sites (tertiary alicyclic amines) is 1. The predicted molar refractivity (Wildman–Crippen MR) is 90.7 cm³/mol. The van der Waals surface area contributed by atoms with Crippen LogP contribution in [-0.4, -0.2) is 35.2 Å². The lowest BCUT2D eigenvalue weighted by atomic mass is 9.85. The highest BCUT2D eigenvalue weighted by atomic mass is 16.2. The molecule has 2 aliphatic carbocycles. The van der Waals surface area contributed by atoms with Crippen molar-refractivity contribution >= 4 is 17.7 Å². The number of hydrogen-bond donors (Lipinski definition) is 1. The molecular formula is C19H28N2O3. The molecule has 132 valence electrons. The van der Waals surface area contributed by atoms with Gasteiger partial charge in [-0.1, -0.05) is 38.8 Å². The van der Waals surface area contributed by atoms with Crippen LogP contribution in [0.3, 0.4) is 0 Å². The summed E-state index contributed by atoms with van der Waals surface area (Å²) < 4.78 is 0. The van der Waals surface area contributed by atoms with Crippen LogP contribution in [0.1, 0.15) is 46.5 Å². The zero-order valence-electron chi connectivity index (χ0n) is 14.8. The molecule has 3 rings (SSSR count). The minimum atomic E-state index is -0.228. The van der Waals surface area contributed by atoms with E-state index in [1.165, 1.54) is 4.90 Å². The minimum Gasteiger partial charge on any atom is -0.352 e. The molecule has 0 radical (unpaired) electrons. The molecule has 24 heavy (non-hydrogen) atoms. The zero-order valence-corrected chi connectivity index (χ0v) is 14.8. The second-order valence-corrected chi connectivity index (χ2v) is 8.06. The lowest BCUT2D eigenvalue weighted by molar-refractivity contribution is -0.144. The number of carbonyl (C=O) groups is 3. The average Bonchev–Trinajstić information content (AvgIpc) is 3.16.